The van der Waals surface area contributed by atoms with Crippen LogP contribution >= 0.6 is 0 Å². The average molecular weight is 669 g/mol. The normalized spacial score (nSPS) is 24.3. The van der Waals surface area contributed by atoms with Crippen LogP contribution in [0.15, 0.2) is 54.6 Å². The first-order chi connectivity index (χ1) is 23.7. The summed E-state index contributed by atoms with van der Waals surface area (Å²) in [5.41, 5.74) is 2.74. The van der Waals surface area contributed by atoms with Gasteiger partial charge < -0.3 is 34.8 Å². The number of amides is 3. The Bertz CT molecular complexity index is 1600. The van der Waals surface area contributed by atoms with Crippen molar-refractivity contribution >= 4 is 34.9 Å². The Morgan fingerprint density at radius 1 is 0.796 bits per heavy atom. The number of aromatic nitrogens is 2. The summed E-state index contributed by atoms with van der Waals surface area (Å²) in [4.78, 5) is 45.0. The molecule has 12 nitrogen and oxygen atoms in total. The maximum Gasteiger partial charge on any atom is 0.323 e. The molecule has 3 aromatic rings. The molecule has 4 aliphatic heterocycles. The lowest BCUT2D eigenvalue weighted by atomic mass is 10.1. The molecule has 7 rings (SSSR count). The van der Waals surface area contributed by atoms with Crippen molar-refractivity contribution in [2.45, 2.75) is 70.9 Å². The monoisotopic (exact) mass is 668 g/mol. The highest BCUT2D eigenvalue weighted by Crippen LogP contribution is 2.36. The number of urea groups is 1. The van der Waals surface area contributed by atoms with Gasteiger partial charge in [0.1, 0.15) is 11.6 Å². The first kappa shape index (κ1) is 33.2. The molecule has 4 aliphatic rings. The maximum atomic E-state index is 13.0. The number of ether oxygens (including phenoxy) is 2. The van der Waals surface area contributed by atoms with Crippen LogP contribution in [0.5, 0.6) is 0 Å². The minimum atomic E-state index is -0.365. The number of carbonyl (C=O) groups excluding carboxylic acids is 2. The Morgan fingerprint density at radius 2 is 1.37 bits per heavy atom. The molecule has 2 unspecified atom stereocenters. The zero-order valence-corrected chi connectivity index (χ0v) is 29.0. The number of hydrogen-bond donors (Lipinski definition) is 2. The molecular formula is C37H48N8O4. The highest BCUT2D eigenvalue weighted by molar-refractivity contribution is 6.00. The Labute approximate surface area is 288 Å². The van der Waals surface area contributed by atoms with Crippen molar-refractivity contribution in [3.63, 3.8) is 0 Å². The van der Waals surface area contributed by atoms with E-state index in [-0.39, 0.29) is 24.1 Å². The van der Waals surface area contributed by atoms with Gasteiger partial charge in [0.2, 0.25) is 0 Å². The molecule has 5 heterocycles. The predicted molar refractivity (Wildman–Crippen MR) is 191 cm³/mol. The van der Waals surface area contributed by atoms with E-state index in [1.165, 1.54) is 0 Å². The van der Waals surface area contributed by atoms with Gasteiger partial charge in [-0.1, -0.05) is 0 Å². The second-order valence-corrected chi connectivity index (χ2v) is 14.1. The third-order valence-corrected chi connectivity index (χ3v) is 10.1. The number of morpholine rings is 2. The summed E-state index contributed by atoms with van der Waals surface area (Å²) in [5, 5.41) is 5.78. The van der Waals surface area contributed by atoms with Crippen LogP contribution < -0.4 is 20.4 Å². The standard InChI is InChI=1S/C37H48N8O4/c1-24(2)42-15-17-43(18-16-42)36(46)28-7-11-30(12-8-28)39-37(47)38-29-9-5-27(6-10-29)35-40-33(44-20-25(3)49-26(4)21-44)19-34(41-35)45-31-13-14-32(45)23-48-22-31/h5-12,19,24-26,31-32H,13-18,20-23H2,1-4H3,(H2,38,39,47)/t25-,26+,31?,32?. The first-order valence-corrected chi connectivity index (χ1v) is 17.7. The molecule has 4 atom stereocenters. The summed E-state index contributed by atoms with van der Waals surface area (Å²) in [6.07, 6.45) is 2.42. The van der Waals surface area contributed by atoms with Crippen molar-refractivity contribution in [2.75, 3.05) is 72.9 Å². The topological polar surface area (TPSA) is 115 Å². The summed E-state index contributed by atoms with van der Waals surface area (Å²) in [6, 6.07) is 17.6. The summed E-state index contributed by atoms with van der Waals surface area (Å²) >= 11 is 0. The molecule has 2 aromatic carbocycles. The lowest BCUT2D eigenvalue weighted by Crippen LogP contribution is -2.50. The molecule has 2 bridgehead atoms. The van der Waals surface area contributed by atoms with Gasteiger partial charge in [0, 0.05) is 73.9 Å². The van der Waals surface area contributed by atoms with Crippen molar-refractivity contribution in [1.82, 2.24) is 19.8 Å². The fourth-order valence-corrected chi connectivity index (χ4v) is 7.53. The van der Waals surface area contributed by atoms with Crippen LogP contribution in [0.2, 0.25) is 0 Å². The molecule has 3 amide bonds. The number of rotatable bonds is 7. The van der Waals surface area contributed by atoms with Gasteiger partial charge in [-0.2, -0.15) is 0 Å². The van der Waals surface area contributed by atoms with Crippen molar-refractivity contribution in [3.05, 3.63) is 60.2 Å². The molecular weight excluding hydrogens is 620 g/mol. The molecule has 260 valence electrons. The van der Waals surface area contributed by atoms with Gasteiger partial charge in [0.15, 0.2) is 5.82 Å². The third-order valence-electron chi connectivity index (χ3n) is 10.1. The molecule has 12 heteroatoms. The van der Waals surface area contributed by atoms with Crippen LogP contribution in [0, 0.1) is 0 Å². The van der Waals surface area contributed by atoms with Crippen molar-refractivity contribution < 1.29 is 19.1 Å². The largest absolute Gasteiger partial charge is 0.377 e. The summed E-state index contributed by atoms with van der Waals surface area (Å²) in [7, 11) is 0. The second-order valence-electron chi connectivity index (χ2n) is 14.1. The molecule has 4 fully saturated rings. The number of nitrogens with one attached hydrogen (secondary N) is 2. The van der Waals surface area contributed by atoms with Gasteiger partial charge in [-0.15, -0.1) is 0 Å². The SMILES string of the molecule is CC(C)N1CCN(C(=O)c2ccc(NC(=O)Nc3ccc(-c4nc(N5C[C@@H](C)O[C@@H](C)C5)cc(N5C6CCC5COC6)n4)cc3)cc2)CC1. The van der Waals surface area contributed by atoms with Crippen LogP contribution in [0.4, 0.5) is 27.8 Å². The number of fused-ring (bicyclic) bond motifs is 2. The quantitative estimate of drug-likeness (QED) is 0.362. The Hall–Kier alpha value is -4.26. The predicted octanol–water partition coefficient (Wildman–Crippen LogP) is 4.94. The van der Waals surface area contributed by atoms with E-state index in [0.717, 1.165) is 82.5 Å². The van der Waals surface area contributed by atoms with Crippen LogP contribution in [0.25, 0.3) is 11.4 Å². The maximum absolute atomic E-state index is 13.0. The van der Waals surface area contributed by atoms with Crippen molar-refractivity contribution in [1.29, 1.82) is 0 Å². The zero-order chi connectivity index (χ0) is 34.1. The lowest BCUT2D eigenvalue weighted by molar-refractivity contribution is -0.00546. The Kier molecular flexibility index (Phi) is 9.71. The molecule has 0 spiro atoms. The number of carbonyl (C=O) groups is 2. The Balaban J connectivity index is 1.01. The van der Waals surface area contributed by atoms with E-state index < -0.39 is 0 Å². The molecule has 1 aromatic heterocycles. The number of hydrogen-bond acceptors (Lipinski definition) is 9. The van der Waals surface area contributed by atoms with E-state index in [1.807, 2.05) is 29.2 Å². The van der Waals surface area contributed by atoms with E-state index in [4.69, 9.17) is 19.4 Å². The molecule has 4 saturated heterocycles. The van der Waals surface area contributed by atoms with E-state index in [9.17, 15) is 9.59 Å². The number of nitrogens with zero attached hydrogens (tertiary/aromatic N) is 6. The summed E-state index contributed by atoms with van der Waals surface area (Å²) in [5.74, 6) is 2.51. The average Bonchev–Trinajstić information content (AvgIpc) is 3.35. The van der Waals surface area contributed by atoms with Crippen LogP contribution in [0.3, 0.4) is 0 Å². The molecule has 49 heavy (non-hydrogen) atoms. The first-order valence-electron chi connectivity index (χ1n) is 17.7. The minimum Gasteiger partial charge on any atom is -0.377 e. The van der Waals surface area contributed by atoms with E-state index in [1.54, 1.807) is 24.3 Å². The van der Waals surface area contributed by atoms with E-state index in [2.05, 4.69) is 59.1 Å². The van der Waals surface area contributed by atoms with E-state index >= 15 is 0 Å². The molecule has 2 N–H and O–H groups in total. The van der Waals surface area contributed by atoms with Crippen LogP contribution in [-0.4, -0.2) is 115 Å². The van der Waals surface area contributed by atoms with Gasteiger partial charge in [-0.25, -0.2) is 14.8 Å². The molecule has 0 saturated carbocycles. The van der Waals surface area contributed by atoms with Gasteiger partial charge in [-0.05, 0) is 89.1 Å². The van der Waals surface area contributed by atoms with Gasteiger partial charge >= 0.3 is 6.03 Å². The fraction of sp³-hybridized carbons (Fsp3) is 0.514. The van der Waals surface area contributed by atoms with E-state index in [0.29, 0.717) is 40.9 Å². The van der Waals surface area contributed by atoms with Crippen LogP contribution in [-0.2, 0) is 9.47 Å². The highest BCUT2D eigenvalue weighted by atomic mass is 16.5. The van der Waals surface area contributed by atoms with Crippen molar-refractivity contribution in [2.24, 2.45) is 0 Å². The fourth-order valence-electron chi connectivity index (χ4n) is 7.53. The molecule has 0 radical (unpaired) electrons. The van der Waals surface area contributed by atoms with Crippen molar-refractivity contribution in [3.8, 4) is 11.4 Å². The second kappa shape index (κ2) is 14.3. The lowest BCUT2D eigenvalue weighted by Gasteiger charge is -2.38. The highest BCUT2D eigenvalue weighted by Gasteiger charge is 2.39. The number of benzene rings is 2. The van der Waals surface area contributed by atoms with Gasteiger partial charge in [0.05, 0.1) is 37.5 Å². The Morgan fingerprint density at radius 3 is 1.96 bits per heavy atom. The van der Waals surface area contributed by atoms with Gasteiger partial charge in [0.25, 0.3) is 5.91 Å². The summed E-state index contributed by atoms with van der Waals surface area (Å²) < 4.78 is 11.9. The number of piperazine rings is 1. The zero-order valence-electron chi connectivity index (χ0n) is 29.0. The third kappa shape index (κ3) is 7.51. The van der Waals surface area contributed by atoms with Gasteiger partial charge in [-0.3, -0.25) is 9.69 Å². The van der Waals surface area contributed by atoms with Crippen LogP contribution in [0.1, 0.15) is 50.9 Å². The summed E-state index contributed by atoms with van der Waals surface area (Å²) in [6.45, 7) is 14.7. The molecule has 0 aliphatic carbocycles. The smallest absolute Gasteiger partial charge is 0.323 e. The minimum absolute atomic E-state index is 0.0208. The number of anilines is 4.